The summed E-state index contributed by atoms with van der Waals surface area (Å²) in [6.07, 6.45) is 4.84. The molecule has 0 radical (unpaired) electrons. The van der Waals surface area contributed by atoms with Gasteiger partial charge in [-0.3, -0.25) is 14.2 Å². The second-order valence-corrected chi connectivity index (χ2v) is 7.39. The third kappa shape index (κ3) is 4.56. The summed E-state index contributed by atoms with van der Waals surface area (Å²) < 4.78 is 6.84. The van der Waals surface area contributed by atoms with Gasteiger partial charge in [0.05, 0.1) is 18.5 Å². The number of anilines is 1. The fourth-order valence-corrected chi connectivity index (χ4v) is 3.58. The molecule has 3 aromatic rings. The molecule has 9 nitrogen and oxygen atoms in total. The van der Waals surface area contributed by atoms with Crippen molar-refractivity contribution in [2.45, 2.75) is 26.3 Å². The number of aromatic nitrogens is 4. The van der Waals surface area contributed by atoms with Crippen molar-refractivity contribution in [1.29, 1.82) is 0 Å². The Morgan fingerprint density at radius 3 is 2.93 bits per heavy atom. The van der Waals surface area contributed by atoms with E-state index in [1.807, 2.05) is 24.3 Å². The van der Waals surface area contributed by atoms with Crippen LogP contribution in [0.1, 0.15) is 18.5 Å². The minimum absolute atomic E-state index is 0.00650. The summed E-state index contributed by atoms with van der Waals surface area (Å²) in [7, 11) is 0. The Labute approximate surface area is 173 Å². The van der Waals surface area contributed by atoms with Crippen molar-refractivity contribution >= 4 is 11.7 Å². The lowest BCUT2D eigenvalue weighted by Crippen LogP contribution is -2.44. The number of hydrogen-bond donors (Lipinski definition) is 1. The van der Waals surface area contributed by atoms with E-state index in [-0.39, 0.29) is 17.4 Å². The normalized spacial score (nSPS) is 16.4. The molecule has 0 spiro atoms. The van der Waals surface area contributed by atoms with Gasteiger partial charge in [0.2, 0.25) is 5.91 Å². The highest BCUT2D eigenvalue weighted by Crippen LogP contribution is 2.23. The molecule has 1 fully saturated rings. The second kappa shape index (κ2) is 8.89. The number of amides is 1. The molecule has 4 rings (SSSR count). The smallest absolute Gasteiger partial charge is 0.253 e. The van der Waals surface area contributed by atoms with Gasteiger partial charge in [0.15, 0.2) is 11.6 Å². The third-order valence-electron chi connectivity index (χ3n) is 5.21. The fourth-order valence-electron chi connectivity index (χ4n) is 3.58. The molecule has 30 heavy (non-hydrogen) atoms. The predicted octanol–water partition coefficient (Wildman–Crippen LogP) is 1.63. The van der Waals surface area contributed by atoms with Crippen LogP contribution in [-0.2, 0) is 11.3 Å². The van der Waals surface area contributed by atoms with Crippen molar-refractivity contribution in [3.63, 3.8) is 0 Å². The number of nitrogens with zero attached hydrogens (tertiary/aromatic N) is 5. The van der Waals surface area contributed by atoms with Gasteiger partial charge >= 0.3 is 0 Å². The Kier molecular flexibility index (Phi) is 5.87. The van der Waals surface area contributed by atoms with Crippen LogP contribution in [0.2, 0.25) is 0 Å². The molecule has 156 valence electrons. The molecule has 0 bridgehead atoms. The van der Waals surface area contributed by atoms with Gasteiger partial charge in [0.25, 0.3) is 5.56 Å². The Morgan fingerprint density at radius 2 is 2.20 bits per heavy atom. The van der Waals surface area contributed by atoms with E-state index in [1.165, 1.54) is 17.0 Å². The number of aryl methyl sites for hydroxylation is 1. The zero-order valence-electron chi connectivity index (χ0n) is 16.8. The fraction of sp³-hybridized carbons (Fsp3) is 0.381. The van der Waals surface area contributed by atoms with Crippen LogP contribution >= 0.6 is 0 Å². The van der Waals surface area contributed by atoms with Crippen molar-refractivity contribution in [3.8, 4) is 11.5 Å². The number of carbonyl (C=O) groups excluding carboxylic acids is 1. The summed E-state index contributed by atoms with van der Waals surface area (Å²) in [5, 5.41) is 11.5. The molecule has 1 N–H and O–H groups in total. The quantitative estimate of drug-likeness (QED) is 0.661. The average molecular weight is 408 g/mol. The highest BCUT2D eigenvalue weighted by Gasteiger charge is 2.26. The molecule has 0 aliphatic carbocycles. The molecule has 1 amide bonds. The van der Waals surface area contributed by atoms with E-state index >= 15 is 0 Å². The first-order valence-corrected chi connectivity index (χ1v) is 10.0. The second-order valence-electron chi connectivity index (χ2n) is 7.39. The standard InChI is InChI=1S/C21H24N6O3/c1-15-12-20(28)27(14-23-15)10-8-22-21(29)16-4-2-9-26(13-16)19-7-6-17(24-25-19)18-5-3-11-30-18/h3,5-7,11-12,14,16H,2,4,8-10,13H2,1H3,(H,22,29). The van der Waals surface area contributed by atoms with Crippen LogP contribution in [0.3, 0.4) is 0 Å². The first kappa shape index (κ1) is 19.8. The first-order valence-electron chi connectivity index (χ1n) is 10.0. The van der Waals surface area contributed by atoms with Crippen molar-refractivity contribution in [3.05, 3.63) is 59.0 Å². The minimum Gasteiger partial charge on any atom is -0.463 e. The van der Waals surface area contributed by atoms with E-state index in [2.05, 4.69) is 25.4 Å². The minimum atomic E-state index is -0.127. The molecule has 1 unspecified atom stereocenters. The molecule has 0 saturated carbocycles. The molecule has 1 saturated heterocycles. The lowest BCUT2D eigenvalue weighted by atomic mass is 9.97. The highest BCUT2D eigenvalue weighted by atomic mass is 16.3. The molecular formula is C21H24N6O3. The number of rotatable bonds is 6. The van der Waals surface area contributed by atoms with E-state index in [9.17, 15) is 9.59 Å². The number of hydrogen-bond acceptors (Lipinski definition) is 7. The number of furan rings is 1. The third-order valence-corrected chi connectivity index (χ3v) is 5.21. The highest BCUT2D eigenvalue weighted by molar-refractivity contribution is 5.79. The van der Waals surface area contributed by atoms with Gasteiger partial charge in [-0.05, 0) is 44.0 Å². The molecular weight excluding hydrogens is 384 g/mol. The van der Waals surface area contributed by atoms with E-state index in [0.717, 1.165) is 25.2 Å². The Morgan fingerprint density at radius 1 is 1.30 bits per heavy atom. The van der Waals surface area contributed by atoms with Crippen molar-refractivity contribution < 1.29 is 9.21 Å². The Bertz CT molecular complexity index is 1050. The van der Waals surface area contributed by atoms with Crippen LogP contribution < -0.4 is 15.8 Å². The van der Waals surface area contributed by atoms with Gasteiger partial charge in [0, 0.05) is 37.9 Å². The van der Waals surface area contributed by atoms with Crippen molar-refractivity contribution in [1.82, 2.24) is 25.1 Å². The maximum Gasteiger partial charge on any atom is 0.253 e. The summed E-state index contributed by atoms with van der Waals surface area (Å²) in [5.74, 6) is 1.29. The van der Waals surface area contributed by atoms with Gasteiger partial charge in [-0.2, -0.15) is 0 Å². The van der Waals surface area contributed by atoms with E-state index in [1.54, 1.807) is 13.2 Å². The van der Waals surface area contributed by atoms with Gasteiger partial charge in [-0.25, -0.2) is 4.98 Å². The lowest BCUT2D eigenvalue weighted by molar-refractivity contribution is -0.125. The molecule has 1 aliphatic rings. The van der Waals surface area contributed by atoms with Crippen LogP contribution in [-0.4, -0.2) is 45.3 Å². The first-order chi connectivity index (χ1) is 14.6. The number of carbonyl (C=O) groups is 1. The summed E-state index contributed by atoms with van der Waals surface area (Å²) in [4.78, 5) is 30.7. The lowest BCUT2D eigenvalue weighted by Gasteiger charge is -2.32. The van der Waals surface area contributed by atoms with Crippen LogP contribution in [0.4, 0.5) is 5.82 Å². The molecule has 1 atom stereocenters. The number of nitrogens with one attached hydrogen (secondary N) is 1. The van der Waals surface area contributed by atoms with Gasteiger partial charge in [0.1, 0.15) is 5.69 Å². The Hall–Kier alpha value is -3.49. The summed E-state index contributed by atoms with van der Waals surface area (Å²) in [5.41, 5.74) is 1.25. The van der Waals surface area contributed by atoms with Crippen LogP contribution in [0, 0.1) is 12.8 Å². The van der Waals surface area contributed by atoms with Crippen molar-refractivity contribution in [2.24, 2.45) is 5.92 Å². The van der Waals surface area contributed by atoms with E-state index in [4.69, 9.17) is 4.42 Å². The maximum atomic E-state index is 12.6. The van der Waals surface area contributed by atoms with Crippen LogP contribution in [0.15, 0.2) is 52.1 Å². The predicted molar refractivity (Wildman–Crippen MR) is 111 cm³/mol. The molecule has 4 heterocycles. The topological polar surface area (TPSA) is 106 Å². The molecule has 3 aromatic heterocycles. The van der Waals surface area contributed by atoms with Gasteiger partial charge < -0.3 is 14.6 Å². The molecule has 1 aliphatic heterocycles. The largest absolute Gasteiger partial charge is 0.463 e. The zero-order chi connectivity index (χ0) is 20.9. The van der Waals surface area contributed by atoms with Gasteiger partial charge in [-0.1, -0.05) is 0 Å². The molecule has 9 heteroatoms. The molecule has 0 aromatic carbocycles. The Balaban J connectivity index is 1.32. The summed E-state index contributed by atoms with van der Waals surface area (Å²) in [6.45, 7) is 3.98. The summed E-state index contributed by atoms with van der Waals surface area (Å²) in [6, 6.07) is 8.91. The van der Waals surface area contributed by atoms with Crippen LogP contribution in [0.5, 0.6) is 0 Å². The van der Waals surface area contributed by atoms with E-state index in [0.29, 0.717) is 36.8 Å². The SMILES string of the molecule is Cc1cc(=O)n(CCNC(=O)C2CCCN(c3ccc(-c4ccco4)nn3)C2)cn1. The zero-order valence-corrected chi connectivity index (χ0v) is 16.8. The van der Waals surface area contributed by atoms with Crippen LogP contribution in [0.25, 0.3) is 11.5 Å². The van der Waals surface area contributed by atoms with E-state index < -0.39 is 0 Å². The van der Waals surface area contributed by atoms with Crippen molar-refractivity contribution in [2.75, 3.05) is 24.5 Å². The van der Waals surface area contributed by atoms with Gasteiger partial charge in [-0.15, -0.1) is 10.2 Å². The average Bonchev–Trinajstić information content (AvgIpc) is 3.30. The number of piperidine rings is 1. The summed E-state index contributed by atoms with van der Waals surface area (Å²) >= 11 is 0. The monoisotopic (exact) mass is 408 g/mol. The maximum absolute atomic E-state index is 12.6.